The Balaban J connectivity index is 1.60. The number of amides is 1. The van der Waals surface area contributed by atoms with Gasteiger partial charge in [0.2, 0.25) is 5.13 Å². The van der Waals surface area contributed by atoms with Crippen LogP contribution in [-0.2, 0) is 13.0 Å². The average molecular weight is 416 g/mol. The molecule has 0 radical (unpaired) electrons. The summed E-state index contributed by atoms with van der Waals surface area (Å²) in [7, 11) is 1.64. The van der Waals surface area contributed by atoms with Gasteiger partial charge < -0.3 is 20.4 Å². The zero-order valence-corrected chi connectivity index (χ0v) is 18.1. The van der Waals surface area contributed by atoms with E-state index in [4.69, 9.17) is 4.99 Å². The predicted octanol–water partition coefficient (Wildman–Crippen LogP) is 1.75. The minimum absolute atomic E-state index is 0.0762. The van der Waals surface area contributed by atoms with Gasteiger partial charge in [-0.05, 0) is 24.6 Å². The third-order valence-corrected chi connectivity index (χ3v) is 5.63. The van der Waals surface area contributed by atoms with Gasteiger partial charge in [-0.1, -0.05) is 19.1 Å². The summed E-state index contributed by atoms with van der Waals surface area (Å²) >= 11 is 1.48. The Bertz CT molecular complexity index is 826. The van der Waals surface area contributed by atoms with Crippen LogP contribution in [0.15, 0.2) is 29.3 Å². The van der Waals surface area contributed by atoms with E-state index in [-0.39, 0.29) is 5.91 Å². The van der Waals surface area contributed by atoms with Crippen molar-refractivity contribution in [1.29, 1.82) is 0 Å². The molecule has 9 heteroatoms. The maximum Gasteiger partial charge on any atom is 0.251 e. The van der Waals surface area contributed by atoms with Crippen LogP contribution in [0, 0.1) is 0 Å². The van der Waals surface area contributed by atoms with Gasteiger partial charge in [-0.15, -0.1) is 0 Å². The summed E-state index contributed by atoms with van der Waals surface area (Å²) in [5.74, 6) is 1.77. The van der Waals surface area contributed by atoms with Gasteiger partial charge in [-0.2, -0.15) is 4.37 Å². The fraction of sp³-hybridized carbons (Fsp3) is 0.500. The van der Waals surface area contributed by atoms with Crippen molar-refractivity contribution in [2.75, 3.05) is 44.7 Å². The van der Waals surface area contributed by atoms with Crippen LogP contribution >= 0.6 is 11.5 Å². The van der Waals surface area contributed by atoms with Gasteiger partial charge in [0.25, 0.3) is 5.91 Å². The molecule has 29 heavy (non-hydrogen) atoms. The SMILES string of the molecule is CCNC(=NCc1ccc(C(=O)NC)cc1)N1CCN(c2nc(CC)ns2)CC1. The van der Waals surface area contributed by atoms with Gasteiger partial charge in [-0.25, -0.2) is 9.98 Å². The van der Waals surface area contributed by atoms with E-state index in [0.717, 1.165) is 61.6 Å². The van der Waals surface area contributed by atoms with Crippen LogP contribution in [-0.4, -0.2) is 65.9 Å². The van der Waals surface area contributed by atoms with Crippen molar-refractivity contribution in [2.24, 2.45) is 4.99 Å². The summed E-state index contributed by atoms with van der Waals surface area (Å²) in [6.45, 7) is 9.16. The number of nitrogens with zero attached hydrogens (tertiary/aromatic N) is 5. The molecule has 0 bridgehead atoms. The Kier molecular flexibility index (Phi) is 7.40. The highest BCUT2D eigenvalue weighted by Gasteiger charge is 2.22. The van der Waals surface area contributed by atoms with E-state index in [1.165, 1.54) is 11.5 Å². The standard InChI is InChI=1S/C20H29N7OS/c1-4-17-24-20(29-25-17)27-12-10-26(11-13-27)19(22-5-2)23-14-15-6-8-16(9-7-15)18(28)21-3/h6-9H,4-5,10-14H2,1-3H3,(H,21,28)(H,22,23). The molecular weight excluding hydrogens is 386 g/mol. The number of anilines is 1. The summed E-state index contributed by atoms with van der Waals surface area (Å²) in [6.07, 6.45) is 0.873. The number of carbonyl (C=O) groups is 1. The van der Waals surface area contributed by atoms with E-state index < -0.39 is 0 Å². The predicted molar refractivity (Wildman–Crippen MR) is 118 cm³/mol. The van der Waals surface area contributed by atoms with Crippen LogP contribution in [0.3, 0.4) is 0 Å². The lowest BCUT2D eigenvalue weighted by molar-refractivity contribution is 0.0963. The van der Waals surface area contributed by atoms with Crippen molar-refractivity contribution in [3.05, 3.63) is 41.2 Å². The Labute approximate surface area is 176 Å². The summed E-state index contributed by atoms with van der Waals surface area (Å²) < 4.78 is 4.39. The number of hydrogen-bond donors (Lipinski definition) is 2. The highest BCUT2D eigenvalue weighted by Crippen LogP contribution is 2.19. The molecule has 1 aromatic heterocycles. The smallest absolute Gasteiger partial charge is 0.251 e. The van der Waals surface area contributed by atoms with Crippen LogP contribution in [0.2, 0.25) is 0 Å². The molecule has 0 saturated carbocycles. The maximum atomic E-state index is 11.7. The highest BCUT2D eigenvalue weighted by atomic mass is 32.1. The zero-order chi connectivity index (χ0) is 20.6. The van der Waals surface area contributed by atoms with E-state index in [1.54, 1.807) is 7.05 Å². The topological polar surface area (TPSA) is 85.8 Å². The number of hydrogen-bond acceptors (Lipinski definition) is 6. The maximum absolute atomic E-state index is 11.7. The molecule has 0 unspecified atom stereocenters. The fourth-order valence-electron chi connectivity index (χ4n) is 3.12. The van der Waals surface area contributed by atoms with Crippen molar-refractivity contribution >= 4 is 28.5 Å². The quantitative estimate of drug-likeness (QED) is 0.552. The minimum atomic E-state index is -0.0762. The molecule has 8 nitrogen and oxygen atoms in total. The molecule has 1 aromatic carbocycles. The van der Waals surface area contributed by atoms with Crippen LogP contribution in [0.1, 0.15) is 35.6 Å². The second-order valence-electron chi connectivity index (χ2n) is 6.77. The van der Waals surface area contributed by atoms with Crippen LogP contribution in [0.4, 0.5) is 5.13 Å². The van der Waals surface area contributed by atoms with E-state index >= 15 is 0 Å². The third kappa shape index (κ3) is 5.44. The number of aromatic nitrogens is 2. The molecule has 2 N–H and O–H groups in total. The number of aliphatic imine (C=N–C) groups is 1. The molecular formula is C20H29N7OS. The number of carbonyl (C=O) groups excluding carboxylic acids is 1. The molecule has 0 aliphatic carbocycles. The van der Waals surface area contributed by atoms with Crippen LogP contribution in [0.5, 0.6) is 0 Å². The normalized spacial score (nSPS) is 14.8. The van der Waals surface area contributed by atoms with Crippen molar-refractivity contribution in [3.63, 3.8) is 0 Å². The molecule has 2 heterocycles. The lowest BCUT2D eigenvalue weighted by Crippen LogP contribution is -2.52. The first kappa shape index (κ1) is 21.0. The van der Waals surface area contributed by atoms with Crippen molar-refractivity contribution in [2.45, 2.75) is 26.8 Å². The second kappa shape index (κ2) is 10.2. The molecule has 3 rings (SSSR count). The second-order valence-corrected chi connectivity index (χ2v) is 7.50. The molecule has 2 aromatic rings. The highest BCUT2D eigenvalue weighted by molar-refractivity contribution is 7.09. The van der Waals surface area contributed by atoms with Gasteiger partial charge in [0, 0.05) is 63.3 Å². The Hall–Kier alpha value is -2.68. The minimum Gasteiger partial charge on any atom is -0.357 e. The first-order valence-electron chi connectivity index (χ1n) is 10.1. The Morgan fingerprint density at radius 3 is 2.48 bits per heavy atom. The molecule has 1 fully saturated rings. The average Bonchev–Trinajstić information content (AvgIpc) is 3.26. The lowest BCUT2D eigenvalue weighted by atomic mass is 10.1. The van der Waals surface area contributed by atoms with E-state index in [2.05, 4.69) is 43.6 Å². The van der Waals surface area contributed by atoms with Crippen LogP contribution in [0.25, 0.3) is 0 Å². The summed E-state index contributed by atoms with van der Waals surface area (Å²) in [5, 5.41) is 7.05. The first-order chi connectivity index (χ1) is 14.1. The van der Waals surface area contributed by atoms with Crippen LogP contribution < -0.4 is 15.5 Å². The molecule has 1 amide bonds. The number of aryl methyl sites for hydroxylation is 1. The van der Waals surface area contributed by atoms with Crippen molar-refractivity contribution < 1.29 is 4.79 Å². The fourth-order valence-corrected chi connectivity index (χ4v) is 3.93. The van der Waals surface area contributed by atoms with Gasteiger partial charge in [0.05, 0.1) is 6.54 Å². The molecule has 0 atom stereocenters. The summed E-state index contributed by atoms with van der Waals surface area (Å²) in [6, 6.07) is 7.58. The number of nitrogens with one attached hydrogen (secondary N) is 2. The lowest BCUT2D eigenvalue weighted by Gasteiger charge is -2.36. The van der Waals surface area contributed by atoms with E-state index in [9.17, 15) is 4.79 Å². The van der Waals surface area contributed by atoms with Gasteiger partial charge in [-0.3, -0.25) is 4.79 Å². The number of benzene rings is 1. The van der Waals surface area contributed by atoms with E-state index in [1.807, 2.05) is 24.3 Å². The summed E-state index contributed by atoms with van der Waals surface area (Å²) in [5.41, 5.74) is 1.74. The number of rotatable bonds is 6. The Morgan fingerprint density at radius 1 is 1.17 bits per heavy atom. The number of piperazine rings is 1. The van der Waals surface area contributed by atoms with Crippen molar-refractivity contribution in [3.8, 4) is 0 Å². The van der Waals surface area contributed by atoms with Gasteiger partial charge in [0.15, 0.2) is 5.96 Å². The monoisotopic (exact) mass is 415 g/mol. The first-order valence-corrected chi connectivity index (χ1v) is 10.8. The van der Waals surface area contributed by atoms with Crippen molar-refractivity contribution in [1.82, 2.24) is 24.9 Å². The molecule has 156 valence electrons. The van der Waals surface area contributed by atoms with Gasteiger partial charge >= 0.3 is 0 Å². The largest absolute Gasteiger partial charge is 0.357 e. The molecule has 0 spiro atoms. The molecule has 1 saturated heterocycles. The summed E-state index contributed by atoms with van der Waals surface area (Å²) in [4.78, 5) is 25.7. The number of guanidine groups is 1. The third-order valence-electron chi connectivity index (χ3n) is 4.81. The zero-order valence-electron chi connectivity index (χ0n) is 17.3. The Morgan fingerprint density at radius 2 is 1.90 bits per heavy atom. The van der Waals surface area contributed by atoms with E-state index in [0.29, 0.717) is 12.1 Å². The van der Waals surface area contributed by atoms with Gasteiger partial charge in [0.1, 0.15) is 5.82 Å². The molecule has 1 aliphatic rings. The molecule has 1 aliphatic heterocycles.